The third-order valence-corrected chi connectivity index (χ3v) is 5.20. The van der Waals surface area contributed by atoms with Gasteiger partial charge in [-0.25, -0.2) is 13.1 Å². The van der Waals surface area contributed by atoms with Gasteiger partial charge in [0.15, 0.2) is 0 Å². The lowest BCUT2D eigenvalue weighted by Crippen LogP contribution is -2.42. The minimum absolute atomic E-state index is 0.0260. The molecular formula is C14H21N3O3S. The Balaban J connectivity index is 2.27. The van der Waals surface area contributed by atoms with Crippen molar-refractivity contribution in [3.05, 3.63) is 23.8 Å². The smallest absolute Gasteiger partial charge is 0.240 e. The minimum atomic E-state index is -3.67. The lowest BCUT2D eigenvalue weighted by molar-refractivity contribution is -0.125. The van der Waals surface area contributed by atoms with Crippen LogP contribution in [0.3, 0.4) is 0 Å². The highest BCUT2D eigenvalue weighted by molar-refractivity contribution is 7.89. The molecule has 0 aliphatic carbocycles. The van der Waals surface area contributed by atoms with Gasteiger partial charge in [0.1, 0.15) is 0 Å². The van der Waals surface area contributed by atoms with Crippen LogP contribution in [0.25, 0.3) is 0 Å². The van der Waals surface area contributed by atoms with Gasteiger partial charge in [-0.2, -0.15) is 0 Å². The molecule has 0 unspecified atom stereocenters. The van der Waals surface area contributed by atoms with Crippen molar-refractivity contribution in [2.24, 2.45) is 11.1 Å². The minimum Gasteiger partial charge on any atom is -0.385 e. The standard InChI is InChI=1S/C14H21N3O3S/c1-14(2,13(15)18)9-17-21(19,20)12-7-3-6-11-10(12)5-4-8-16-11/h3,6-7,16-17H,4-5,8-9H2,1-2H3,(H2,15,18). The number of sulfonamides is 1. The first-order valence-corrected chi connectivity index (χ1v) is 8.38. The summed E-state index contributed by atoms with van der Waals surface area (Å²) in [7, 11) is -3.67. The van der Waals surface area contributed by atoms with E-state index in [0.29, 0.717) is 0 Å². The SMILES string of the molecule is CC(C)(CNS(=O)(=O)c1cccc2c1CCCN2)C(N)=O. The lowest BCUT2D eigenvalue weighted by Gasteiger charge is -2.23. The van der Waals surface area contributed by atoms with Gasteiger partial charge in [-0.3, -0.25) is 4.79 Å². The van der Waals surface area contributed by atoms with Gasteiger partial charge in [-0.15, -0.1) is 0 Å². The predicted molar refractivity (Wildman–Crippen MR) is 81.4 cm³/mol. The number of hydrogen-bond acceptors (Lipinski definition) is 4. The zero-order valence-electron chi connectivity index (χ0n) is 12.3. The van der Waals surface area contributed by atoms with Gasteiger partial charge in [0.25, 0.3) is 0 Å². The number of hydrogen-bond donors (Lipinski definition) is 3. The van der Waals surface area contributed by atoms with Crippen molar-refractivity contribution in [3.8, 4) is 0 Å². The van der Waals surface area contributed by atoms with E-state index < -0.39 is 21.3 Å². The zero-order chi connectivity index (χ0) is 15.7. The summed E-state index contributed by atoms with van der Waals surface area (Å²) >= 11 is 0. The summed E-state index contributed by atoms with van der Waals surface area (Å²) in [4.78, 5) is 11.6. The van der Waals surface area contributed by atoms with Crippen LogP contribution in [-0.2, 0) is 21.2 Å². The summed E-state index contributed by atoms with van der Waals surface area (Å²) in [5, 5.41) is 3.20. The molecule has 1 amide bonds. The van der Waals surface area contributed by atoms with E-state index in [4.69, 9.17) is 5.73 Å². The molecule has 1 aliphatic rings. The molecule has 1 aliphatic heterocycles. The Bertz CT molecular complexity index is 653. The Morgan fingerprint density at radius 1 is 1.43 bits per heavy atom. The maximum Gasteiger partial charge on any atom is 0.240 e. The van der Waals surface area contributed by atoms with Crippen LogP contribution < -0.4 is 15.8 Å². The van der Waals surface area contributed by atoms with Crippen molar-refractivity contribution in [1.82, 2.24) is 4.72 Å². The van der Waals surface area contributed by atoms with Crippen molar-refractivity contribution < 1.29 is 13.2 Å². The van der Waals surface area contributed by atoms with Crippen LogP contribution >= 0.6 is 0 Å². The summed E-state index contributed by atoms with van der Waals surface area (Å²) in [5.74, 6) is -0.540. The Kier molecular flexibility index (Phi) is 4.25. The topological polar surface area (TPSA) is 101 Å². The summed E-state index contributed by atoms with van der Waals surface area (Å²) < 4.78 is 27.5. The molecule has 116 valence electrons. The fraction of sp³-hybridized carbons (Fsp3) is 0.500. The summed E-state index contributed by atoms with van der Waals surface area (Å²) in [6.45, 7) is 4.04. The molecule has 0 saturated heterocycles. The van der Waals surface area contributed by atoms with Crippen molar-refractivity contribution >= 4 is 21.6 Å². The number of nitrogens with one attached hydrogen (secondary N) is 2. The van der Waals surface area contributed by atoms with Crippen LogP contribution in [0.15, 0.2) is 23.1 Å². The number of anilines is 1. The number of rotatable bonds is 5. The van der Waals surface area contributed by atoms with Crippen LogP contribution in [0.4, 0.5) is 5.69 Å². The van der Waals surface area contributed by atoms with Crippen molar-refractivity contribution in [2.75, 3.05) is 18.4 Å². The molecule has 0 fully saturated rings. The molecule has 0 radical (unpaired) electrons. The second-order valence-corrected chi connectivity index (χ2v) is 7.62. The highest BCUT2D eigenvalue weighted by Gasteiger charge is 2.29. The third kappa shape index (κ3) is 3.36. The summed E-state index contributed by atoms with van der Waals surface area (Å²) in [6, 6.07) is 5.18. The molecule has 0 bridgehead atoms. The van der Waals surface area contributed by atoms with Crippen LogP contribution in [0.2, 0.25) is 0 Å². The average molecular weight is 311 g/mol. The maximum absolute atomic E-state index is 12.5. The molecule has 21 heavy (non-hydrogen) atoms. The summed E-state index contributed by atoms with van der Waals surface area (Å²) in [5.41, 5.74) is 5.99. The van der Waals surface area contributed by atoms with Crippen LogP contribution in [-0.4, -0.2) is 27.4 Å². The summed E-state index contributed by atoms with van der Waals surface area (Å²) in [6.07, 6.45) is 1.62. The number of carbonyl (C=O) groups is 1. The Labute approximate surface area is 125 Å². The first-order valence-electron chi connectivity index (χ1n) is 6.89. The average Bonchev–Trinajstić information content (AvgIpc) is 2.44. The van der Waals surface area contributed by atoms with Gasteiger partial charge in [0.2, 0.25) is 15.9 Å². The maximum atomic E-state index is 12.5. The van der Waals surface area contributed by atoms with E-state index in [0.717, 1.165) is 30.6 Å². The third-order valence-electron chi connectivity index (χ3n) is 3.71. The molecule has 0 aromatic heterocycles. The van der Waals surface area contributed by atoms with E-state index >= 15 is 0 Å². The van der Waals surface area contributed by atoms with Crippen molar-refractivity contribution in [3.63, 3.8) is 0 Å². The number of carbonyl (C=O) groups excluding carboxylic acids is 1. The quantitative estimate of drug-likeness (QED) is 0.750. The Hall–Kier alpha value is -1.60. The predicted octanol–water partition coefficient (Wildman–Crippen LogP) is 0.835. The molecule has 1 aromatic carbocycles. The number of nitrogens with two attached hydrogens (primary N) is 1. The van der Waals surface area contributed by atoms with Gasteiger partial charge in [-0.05, 0) is 44.4 Å². The van der Waals surface area contributed by atoms with E-state index in [1.54, 1.807) is 26.0 Å². The largest absolute Gasteiger partial charge is 0.385 e. The van der Waals surface area contributed by atoms with E-state index in [-0.39, 0.29) is 11.4 Å². The van der Waals surface area contributed by atoms with E-state index in [9.17, 15) is 13.2 Å². The molecule has 7 heteroatoms. The zero-order valence-corrected chi connectivity index (χ0v) is 13.1. The molecule has 4 N–H and O–H groups in total. The van der Waals surface area contributed by atoms with Gasteiger partial charge in [0.05, 0.1) is 10.3 Å². The monoisotopic (exact) mass is 311 g/mol. The van der Waals surface area contributed by atoms with Gasteiger partial charge < -0.3 is 11.1 Å². The van der Waals surface area contributed by atoms with Crippen LogP contribution in [0, 0.1) is 5.41 Å². The number of benzene rings is 1. The lowest BCUT2D eigenvalue weighted by atomic mass is 9.93. The fourth-order valence-corrected chi connectivity index (χ4v) is 3.67. The highest BCUT2D eigenvalue weighted by atomic mass is 32.2. The van der Waals surface area contributed by atoms with Gasteiger partial charge >= 0.3 is 0 Å². The van der Waals surface area contributed by atoms with Crippen LogP contribution in [0.5, 0.6) is 0 Å². The number of primary amides is 1. The van der Waals surface area contributed by atoms with E-state index in [1.807, 2.05) is 6.07 Å². The molecule has 2 rings (SSSR count). The normalized spacial score (nSPS) is 15.1. The molecule has 6 nitrogen and oxygen atoms in total. The Morgan fingerprint density at radius 3 is 2.81 bits per heavy atom. The van der Waals surface area contributed by atoms with Crippen molar-refractivity contribution in [1.29, 1.82) is 0 Å². The first kappa shape index (κ1) is 15.8. The number of fused-ring (bicyclic) bond motifs is 1. The molecule has 1 heterocycles. The molecular weight excluding hydrogens is 290 g/mol. The van der Waals surface area contributed by atoms with Crippen molar-refractivity contribution in [2.45, 2.75) is 31.6 Å². The van der Waals surface area contributed by atoms with Gasteiger partial charge in [-0.1, -0.05) is 6.07 Å². The second-order valence-electron chi connectivity index (χ2n) is 5.89. The van der Waals surface area contributed by atoms with E-state index in [2.05, 4.69) is 10.0 Å². The van der Waals surface area contributed by atoms with E-state index in [1.165, 1.54) is 0 Å². The molecule has 0 saturated carbocycles. The Morgan fingerprint density at radius 2 is 2.14 bits per heavy atom. The molecule has 0 spiro atoms. The second kappa shape index (κ2) is 5.65. The molecule has 0 atom stereocenters. The number of amides is 1. The first-order chi connectivity index (χ1) is 9.74. The fourth-order valence-electron chi connectivity index (χ4n) is 2.17. The molecule has 1 aromatic rings. The van der Waals surface area contributed by atoms with Crippen LogP contribution in [0.1, 0.15) is 25.8 Å². The highest BCUT2D eigenvalue weighted by Crippen LogP contribution is 2.28. The van der Waals surface area contributed by atoms with Gasteiger partial charge in [0, 0.05) is 18.8 Å².